The van der Waals surface area contributed by atoms with Crippen molar-refractivity contribution in [1.29, 1.82) is 0 Å². The predicted octanol–water partition coefficient (Wildman–Crippen LogP) is 2.85. The number of rotatable bonds is 3. The lowest BCUT2D eigenvalue weighted by atomic mass is 9.57. The van der Waals surface area contributed by atoms with Crippen molar-refractivity contribution in [2.75, 3.05) is 6.61 Å². The fraction of sp³-hybridized carbons (Fsp3) is 0.474. The Morgan fingerprint density at radius 3 is 3.04 bits per heavy atom. The maximum Gasteiger partial charge on any atom is 0.315 e. The summed E-state index contributed by atoms with van der Waals surface area (Å²) >= 11 is 0. The van der Waals surface area contributed by atoms with Crippen molar-refractivity contribution >= 4 is 16.9 Å². The summed E-state index contributed by atoms with van der Waals surface area (Å²) in [5.74, 6) is 0.449. The molecule has 1 aliphatic heterocycles. The number of benzene rings is 1. The minimum Gasteiger partial charge on any atom is -0.377 e. The molecule has 126 valence electrons. The zero-order valence-electron chi connectivity index (χ0n) is 14.1. The largest absolute Gasteiger partial charge is 0.377 e. The van der Waals surface area contributed by atoms with E-state index in [0.717, 1.165) is 29.5 Å². The van der Waals surface area contributed by atoms with Crippen LogP contribution in [0, 0.1) is 11.3 Å². The first-order valence-electron chi connectivity index (χ1n) is 8.56. The predicted molar refractivity (Wildman–Crippen MR) is 92.5 cm³/mol. The SMILES string of the molecule is CC1(C)[C@H](NC(=O)NCc2cccc3cccnc23)[C@@H]2CCO[C@H]21. The van der Waals surface area contributed by atoms with E-state index in [1.54, 1.807) is 6.20 Å². The van der Waals surface area contributed by atoms with Gasteiger partial charge >= 0.3 is 6.03 Å². The van der Waals surface area contributed by atoms with Crippen molar-refractivity contribution in [2.24, 2.45) is 11.3 Å². The molecule has 2 fully saturated rings. The number of urea groups is 1. The molecule has 24 heavy (non-hydrogen) atoms. The Morgan fingerprint density at radius 1 is 1.33 bits per heavy atom. The highest BCUT2D eigenvalue weighted by Gasteiger charge is 2.59. The van der Waals surface area contributed by atoms with Crippen LogP contribution in [0.2, 0.25) is 0 Å². The van der Waals surface area contributed by atoms with Crippen molar-refractivity contribution in [2.45, 2.75) is 39.0 Å². The molecule has 3 atom stereocenters. The van der Waals surface area contributed by atoms with Crippen molar-refractivity contribution in [1.82, 2.24) is 15.6 Å². The number of nitrogens with zero attached hydrogens (tertiary/aromatic N) is 1. The average Bonchev–Trinajstić information content (AvgIpc) is 3.05. The Hall–Kier alpha value is -2.14. The van der Waals surface area contributed by atoms with E-state index in [9.17, 15) is 4.79 Å². The first kappa shape index (κ1) is 15.4. The molecule has 2 heterocycles. The number of hydrogen-bond donors (Lipinski definition) is 2. The van der Waals surface area contributed by atoms with E-state index >= 15 is 0 Å². The van der Waals surface area contributed by atoms with Crippen LogP contribution in [0.15, 0.2) is 36.5 Å². The second-order valence-electron chi connectivity index (χ2n) is 7.36. The van der Waals surface area contributed by atoms with E-state index < -0.39 is 0 Å². The van der Waals surface area contributed by atoms with Gasteiger partial charge in [0.1, 0.15) is 0 Å². The third kappa shape index (κ3) is 2.44. The smallest absolute Gasteiger partial charge is 0.315 e. The van der Waals surface area contributed by atoms with Crippen molar-refractivity contribution < 1.29 is 9.53 Å². The number of ether oxygens (including phenoxy) is 1. The highest BCUT2D eigenvalue weighted by molar-refractivity contribution is 5.82. The lowest BCUT2D eigenvalue weighted by Crippen LogP contribution is -2.67. The third-order valence-electron chi connectivity index (χ3n) is 5.54. The summed E-state index contributed by atoms with van der Waals surface area (Å²) < 4.78 is 5.78. The van der Waals surface area contributed by atoms with E-state index in [2.05, 4.69) is 29.5 Å². The molecular formula is C19H23N3O2. The molecule has 1 aliphatic carbocycles. The molecule has 5 nitrogen and oxygen atoms in total. The van der Waals surface area contributed by atoms with Gasteiger partial charge in [0.25, 0.3) is 0 Å². The van der Waals surface area contributed by atoms with Gasteiger partial charge < -0.3 is 15.4 Å². The van der Waals surface area contributed by atoms with E-state index in [0.29, 0.717) is 12.5 Å². The van der Waals surface area contributed by atoms with Crippen LogP contribution in [0.1, 0.15) is 25.8 Å². The van der Waals surface area contributed by atoms with Gasteiger partial charge in [-0.2, -0.15) is 0 Å². The lowest BCUT2D eigenvalue weighted by molar-refractivity contribution is -0.108. The summed E-state index contributed by atoms with van der Waals surface area (Å²) in [6.07, 6.45) is 3.10. The van der Waals surface area contributed by atoms with Gasteiger partial charge in [-0.3, -0.25) is 4.98 Å². The molecule has 1 aromatic heterocycles. The Morgan fingerprint density at radius 2 is 2.17 bits per heavy atom. The summed E-state index contributed by atoms with van der Waals surface area (Å²) in [6.45, 7) is 5.61. The Labute approximate surface area is 141 Å². The average molecular weight is 325 g/mol. The van der Waals surface area contributed by atoms with Crippen LogP contribution in [0.3, 0.4) is 0 Å². The Balaban J connectivity index is 1.40. The summed E-state index contributed by atoms with van der Waals surface area (Å²) in [5, 5.41) is 7.21. The minimum absolute atomic E-state index is 0.000490. The molecule has 2 aromatic rings. The van der Waals surface area contributed by atoms with Gasteiger partial charge in [-0.15, -0.1) is 0 Å². The first-order chi connectivity index (χ1) is 11.6. The van der Waals surface area contributed by atoms with Gasteiger partial charge in [0.05, 0.1) is 11.6 Å². The number of para-hydroxylation sites is 1. The zero-order chi connectivity index (χ0) is 16.7. The van der Waals surface area contributed by atoms with E-state index in [-0.39, 0.29) is 23.6 Å². The number of carbonyl (C=O) groups is 1. The van der Waals surface area contributed by atoms with Crippen LogP contribution >= 0.6 is 0 Å². The summed E-state index contributed by atoms with van der Waals surface area (Å²) in [5.41, 5.74) is 1.96. The molecule has 1 saturated carbocycles. The maximum atomic E-state index is 12.3. The van der Waals surface area contributed by atoms with Crippen LogP contribution in [0.25, 0.3) is 10.9 Å². The fourth-order valence-electron chi connectivity index (χ4n) is 4.30. The van der Waals surface area contributed by atoms with Gasteiger partial charge in [-0.05, 0) is 18.1 Å². The molecular weight excluding hydrogens is 302 g/mol. The summed E-state index contributed by atoms with van der Waals surface area (Å²) in [6, 6.07) is 10.0. The monoisotopic (exact) mass is 325 g/mol. The van der Waals surface area contributed by atoms with Crippen LogP contribution in [-0.2, 0) is 11.3 Å². The normalized spacial score (nSPS) is 27.3. The lowest BCUT2D eigenvalue weighted by Gasteiger charge is -2.54. The number of hydrogen-bond acceptors (Lipinski definition) is 3. The Kier molecular flexibility index (Phi) is 3.68. The van der Waals surface area contributed by atoms with Crippen molar-refractivity contribution in [3.63, 3.8) is 0 Å². The molecule has 4 rings (SSSR count). The van der Waals surface area contributed by atoms with E-state index in [1.165, 1.54) is 0 Å². The van der Waals surface area contributed by atoms with E-state index in [4.69, 9.17) is 4.74 Å². The summed E-state index contributed by atoms with van der Waals surface area (Å²) in [7, 11) is 0. The second-order valence-corrected chi connectivity index (χ2v) is 7.36. The highest BCUT2D eigenvalue weighted by atomic mass is 16.5. The van der Waals surface area contributed by atoms with Crippen molar-refractivity contribution in [3.8, 4) is 0 Å². The number of nitrogens with one attached hydrogen (secondary N) is 2. The number of aromatic nitrogens is 1. The van der Waals surface area contributed by atoms with Crippen LogP contribution < -0.4 is 10.6 Å². The quantitative estimate of drug-likeness (QED) is 0.912. The second kappa shape index (κ2) is 5.74. The topological polar surface area (TPSA) is 63.2 Å². The molecule has 0 radical (unpaired) electrons. The van der Waals surface area contributed by atoms with Crippen LogP contribution in [-0.4, -0.2) is 29.8 Å². The standard InChI is InChI=1S/C19H23N3O2/c1-19(2)16(14-8-10-24-17(14)19)22-18(23)21-11-13-6-3-5-12-7-4-9-20-15(12)13/h3-7,9,14,16-17H,8,10-11H2,1-2H3,(H2,21,22,23)/t14-,16+,17+/m0/s1. The van der Waals surface area contributed by atoms with Gasteiger partial charge in [0.15, 0.2) is 0 Å². The number of amides is 2. The molecule has 0 spiro atoms. The Bertz CT molecular complexity index is 769. The molecule has 2 amide bonds. The molecule has 1 aromatic carbocycles. The van der Waals surface area contributed by atoms with Crippen LogP contribution in [0.4, 0.5) is 4.79 Å². The van der Waals surface area contributed by atoms with E-state index in [1.807, 2.05) is 30.3 Å². The molecule has 2 N–H and O–H groups in total. The minimum atomic E-state index is -0.119. The molecule has 2 aliphatic rings. The molecule has 0 bridgehead atoms. The van der Waals surface area contributed by atoms with Crippen LogP contribution in [0.5, 0.6) is 0 Å². The molecule has 0 unspecified atom stereocenters. The highest BCUT2D eigenvalue weighted by Crippen LogP contribution is 2.52. The molecule has 1 saturated heterocycles. The van der Waals surface area contributed by atoms with Gasteiger partial charge in [-0.25, -0.2) is 4.79 Å². The van der Waals surface area contributed by atoms with Gasteiger partial charge in [-0.1, -0.05) is 38.1 Å². The first-order valence-corrected chi connectivity index (χ1v) is 8.56. The number of pyridine rings is 1. The number of fused-ring (bicyclic) bond motifs is 2. The molecule has 5 heteroatoms. The van der Waals surface area contributed by atoms with Gasteiger partial charge in [0, 0.05) is 42.1 Å². The fourth-order valence-corrected chi connectivity index (χ4v) is 4.30. The summed E-state index contributed by atoms with van der Waals surface area (Å²) in [4.78, 5) is 16.8. The maximum absolute atomic E-state index is 12.3. The van der Waals surface area contributed by atoms with Crippen molar-refractivity contribution in [3.05, 3.63) is 42.1 Å². The number of carbonyl (C=O) groups excluding carboxylic acids is 1. The third-order valence-corrected chi connectivity index (χ3v) is 5.54. The zero-order valence-corrected chi connectivity index (χ0v) is 14.1. The van der Waals surface area contributed by atoms with Gasteiger partial charge in [0.2, 0.25) is 0 Å².